The van der Waals surface area contributed by atoms with Gasteiger partial charge in [-0.1, -0.05) is 6.08 Å². The summed E-state index contributed by atoms with van der Waals surface area (Å²) in [5, 5.41) is 11.9. The molecule has 1 aliphatic carbocycles. The summed E-state index contributed by atoms with van der Waals surface area (Å²) in [7, 11) is 0. The number of carboxylic acid groups (broad SMARTS) is 1. The Labute approximate surface area is 116 Å². The predicted molar refractivity (Wildman–Crippen MR) is 74.6 cm³/mol. The monoisotopic (exact) mass is 275 g/mol. The van der Waals surface area contributed by atoms with E-state index in [0.717, 1.165) is 30.5 Å². The minimum Gasteiger partial charge on any atom is -0.480 e. The maximum absolute atomic E-state index is 11.5. The molecule has 0 bridgehead atoms. The maximum atomic E-state index is 11.5. The molecule has 1 heterocycles. The van der Waals surface area contributed by atoms with Gasteiger partial charge in [0.1, 0.15) is 11.9 Å². The number of hydrogen-bond donors (Lipinski definition) is 3. The van der Waals surface area contributed by atoms with Gasteiger partial charge in [0.2, 0.25) is 0 Å². The first-order valence-corrected chi connectivity index (χ1v) is 6.45. The normalized spacial score (nSPS) is 14.4. The Bertz CT molecular complexity index is 569. The quantitative estimate of drug-likeness (QED) is 0.674. The second-order valence-corrected chi connectivity index (χ2v) is 4.77. The van der Waals surface area contributed by atoms with Crippen LogP contribution in [0, 0.1) is 0 Å². The number of aliphatic carboxylic acids is 1. The first kappa shape index (κ1) is 14.0. The summed E-state index contributed by atoms with van der Waals surface area (Å²) in [6.45, 7) is 3.52. The van der Waals surface area contributed by atoms with Gasteiger partial charge in [0, 0.05) is 5.69 Å². The van der Waals surface area contributed by atoms with Crippen LogP contribution < -0.4 is 11.1 Å². The van der Waals surface area contributed by atoms with Crippen molar-refractivity contribution in [2.45, 2.75) is 31.7 Å². The maximum Gasteiger partial charge on any atom is 0.326 e. The summed E-state index contributed by atoms with van der Waals surface area (Å²) in [5.74, 6) is -1.40. The number of aromatic nitrogens is 1. The molecule has 20 heavy (non-hydrogen) atoms. The van der Waals surface area contributed by atoms with Crippen LogP contribution in [0.1, 0.15) is 34.5 Å². The molecule has 0 radical (unpaired) electrons. The van der Waals surface area contributed by atoms with Crippen LogP contribution in [0.2, 0.25) is 0 Å². The van der Waals surface area contributed by atoms with Crippen molar-refractivity contribution < 1.29 is 14.7 Å². The molecule has 0 aliphatic heterocycles. The molecule has 6 heteroatoms. The van der Waals surface area contributed by atoms with Crippen LogP contribution in [0.4, 0.5) is 5.82 Å². The van der Waals surface area contributed by atoms with Crippen LogP contribution in [0.5, 0.6) is 0 Å². The number of nitrogens with two attached hydrogens (primary N) is 1. The molecule has 0 saturated heterocycles. The molecule has 6 nitrogen and oxygen atoms in total. The third-order valence-corrected chi connectivity index (χ3v) is 3.33. The van der Waals surface area contributed by atoms with E-state index in [1.54, 1.807) is 6.07 Å². The van der Waals surface area contributed by atoms with Gasteiger partial charge >= 0.3 is 5.97 Å². The Morgan fingerprint density at radius 1 is 1.55 bits per heavy atom. The summed E-state index contributed by atoms with van der Waals surface area (Å²) < 4.78 is 0. The van der Waals surface area contributed by atoms with Gasteiger partial charge in [0.25, 0.3) is 5.91 Å². The molecule has 1 aromatic heterocycles. The first-order chi connectivity index (χ1) is 9.52. The van der Waals surface area contributed by atoms with Crippen molar-refractivity contribution in [3.05, 3.63) is 35.5 Å². The Hall–Kier alpha value is -2.37. The van der Waals surface area contributed by atoms with Gasteiger partial charge in [0.15, 0.2) is 0 Å². The molecular formula is C14H17N3O3. The second-order valence-electron chi connectivity index (χ2n) is 4.77. The zero-order valence-electron chi connectivity index (χ0n) is 11.1. The van der Waals surface area contributed by atoms with E-state index in [1.165, 1.54) is 6.08 Å². The lowest BCUT2D eigenvalue weighted by atomic mass is 10.1. The number of anilines is 1. The fourth-order valence-electron chi connectivity index (χ4n) is 2.32. The first-order valence-electron chi connectivity index (χ1n) is 6.45. The van der Waals surface area contributed by atoms with Gasteiger partial charge in [-0.2, -0.15) is 0 Å². The van der Waals surface area contributed by atoms with Crippen LogP contribution in [0.3, 0.4) is 0 Å². The predicted octanol–water partition coefficient (Wildman–Crippen LogP) is 1.11. The molecule has 2 rings (SSSR count). The molecular weight excluding hydrogens is 258 g/mol. The highest BCUT2D eigenvalue weighted by atomic mass is 16.4. The number of carboxylic acids is 1. The van der Waals surface area contributed by atoms with E-state index in [-0.39, 0.29) is 17.8 Å². The minimum absolute atomic E-state index is 0.228. The molecule has 0 fully saturated rings. The van der Waals surface area contributed by atoms with Gasteiger partial charge in [-0.3, -0.25) is 4.79 Å². The number of nitrogens with zero attached hydrogens (tertiary/aromatic N) is 1. The van der Waals surface area contributed by atoms with E-state index in [0.29, 0.717) is 0 Å². The van der Waals surface area contributed by atoms with E-state index < -0.39 is 17.9 Å². The van der Waals surface area contributed by atoms with Gasteiger partial charge in [-0.15, -0.1) is 6.58 Å². The van der Waals surface area contributed by atoms with E-state index in [4.69, 9.17) is 10.8 Å². The second kappa shape index (κ2) is 5.73. The van der Waals surface area contributed by atoms with Crippen molar-refractivity contribution in [3.63, 3.8) is 0 Å². The smallest absolute Gasteiger partial charge is 0.326 e. The number of carbonyl (C=O) groups is 2. The SMILES string of the molecule is C=CCC(Nc1nc2c(cc1C(N)=O)CCC2)C(=O)O. The molecule has 0 spiro atoms. The Balaban J connectivity index is 2.36. The molecule has 0 saturated carbocycles. The molecule has 1 unspecified atom stereocenters. The third-order valence-electron chi connectivity index (χ3n) is 3.33. The van der Waals surface area contributed by atoms with Crippen LogP contribution in [-0.4, -0.2) is 28.0 Å². The Kier molecular flexibility index (Phi) is 4.02. The average Bonchev–Trinajstić information content (AvgIpc) is 2.84. The molecule has 4 N–H and O–H groups in total. The van der Waals surface area contributed by atoms with E-state index >= 15 is 0 Å². The summed E-state index contributed by atoms with van der Waals surface area (Å²) in [6, 6.07) is 0.838. The fraction of sp³-hybridized carbons (Fsp3) is 0.357. The zero-order chi connectivity index (χ0) is 14.7. The molecule has 1 atom stereocenters. The highest BCUT2D eigenvalue weighted by molar-refractivity contribution is 5.98. The number of carbonyl (C=O) groups excluding carboxylic acids is 1. The lowest BCUT2D eigenvalue weighted by Gasteiger charge is -2.16. The van der Waals surface area contributed by atoms with Crippen LogP contribution in [-0.2, 0) is 17.6 Å². The number of fused-ring (bicyclic) bond motifs is 1. The van der Waals surface area contributed by atoms with Gasteiger partial charge in [-0.25, -0.2) is 9.78 Å². The third kappa shape index (κ3) is 2.79. The number of hydrogen-bond acceptors (Lipinski definition) is 4. The van der Waals surface area contributed by atoms with E-state index in [9.17, 15) is 9.59 Å². The van der Waals surface area contributed by atoms with Crippen LogP contribution in [0.25, 0.3) is 0 Å². The molecule has 0 aromatic carbocycles. The van der Waals surface area contributed by atoms with Gasteiger partial charge in [-0.05, 0) is 37.3 Å². The van der Waals surface area contributed by atoms with Crippen LogP contribution >= 0.6 is 0 Å². The summed E-state index contributed by atoms with van der Waals surface area (Å²) in [6.07, 6.45) is 4.43. The standard InChI is InChI=1S/C14H17N3O3/c1-2-4-11(14(19)20)17-13-9(12(15)18)7-8-5-3-6-10(8)16-13/h2,7,11H,1,3-6H2,(H2,15,18)(H,16,17)(H,19,20). The Morgan fingerprint density at radius 2 is 2.30 bits per heavy atom. The van der Waals surface area contributed by atoms with E-state index in [2.05, 4.69) is 16.9 Å². The number of nitrogens with one attached hydrogen (secondary N) is 1. The molecule has 1 amide bonds. The zero-order valence-corrected chi connectivity index (χ0v) is 11.1. The lowest BCUT2D eigenvalue weighted by Crippen LogP contribution is -2.30. The fourth-order valence-corrected chi connectivity index (χ4v) is 2.32. The van der Waals surface area contributed by atoms with Crippen molar-refractivity contribution in [2.75, 3.05) is 5.32 Å². The minimum atomic E-state index is -1.03. The highest BCUT2D eigenvalue weighted by Gasteiger charge is 2.23. The molecule has 106 valence electrons. The molecule has 1 aromatic rings. The van der Waals surface area contributed by atoms with E-state index in [1.807, 2.05) is 0 Å². The van der Waals surface area contributed by atoms with Crippen molar-refractivity contribution in [3.8, 4) is 0 Å². The number of primary amides is 1. The molecule has 1 aliphatic rings. The Morgan fingerprint density at radius 3 is 2.90 bits per heavy atom. The van der Waals surface area contributed by atoms with Crippen LogP contribution in [0.15, 0.2) is 18.7 Å². The summed E-state index contributed by atoms with van der Waals surface area (Å²) in [5.41, 5.74) is 7.50. The topological polar surface area (TPSA) is 105 Å². The van der Waals surface area contributed by atoms with Crippen molar-refractivity contribution in [1.29, 1.82) is 0 Å². The highest BCUT2D eigenvalue weighted by Crippen LogP contribution is 2.25. The summed E-state index contributed by atoms with van der Waals surface area (Å²) in [4.78, 5) is 27.0. The van der Waals surface area contributed by atoms with Gasteiger partial charge in [0.05, 0.1) is 5.56 Å². The largest absolute Gasteiger partial charge is 0.480 e. The lowest BCUT2D eigenvalue weighted by molar-refractivity contribution is -0.137. The number of pyridine rings is 1. The van der Waals surface area contributed by atoms with Crippen molar-refractivity contribution in [1.82, 2.24) is 4.98 Å². The summed E-state index contributed by atoms with van der Waals surface area (Å²) >= 11 is 0. The number of aryl methyl sites for hydroxylation is 2. The number of amides is 1. The number of rotatable bonds is 6. The average molecular weight is 275 g/mol. The van der Waals surface area contributed by atoms with Crippen molar-refractivity contribution in [2.24, 2.45) is 5.73 Å². The van der Waals surface area contributed by atoms with Gasteiger partial charge < -0.3 is 16.2 Å². The van der Waals surface area contributed by atoms with Crippen molar-refractivity contribution >= 4 is 17.7 Å².